The fourth-order valence-electron chi connectivity index (χ4n) is 4.75. The Morgan fingerprint density at radius 2 is 1.86 bits per heavy atom. The first-order valence-electron chi connectivity index (χ1n) is 11.5. The molecule has 0 saturated carbocycles. The van der Waals surface area contributed by atoms with Crippen molar-refractivity contribution in [1.29, 1.82) is 0 Å². The second kappa shape index (κ2) is 11.1. The fourth-order valence-corrected chi connectivity index (χ4v) is 4.75. The van der Waals surface area contributed by atoms with Crippen molar-refractivity contribution >= 4 is 41.4 Å². The van der Waals surface area contributed by atoms with Crippen LogP contribution in [0.4, 0.5) is 13.2 Å². The first-order valence-corrected chi connectivity index (χ1v) is 11.5. The van der Waals surface area contributed by atoms with Crippen LogP contribution in [-0.2, 0) is 11.2 Å². The number of halogens is 5. The fraction of sp³-hybridized carbons (Fsp3) is 0.400. The number of methoxy groups -OCH3 is 1. The van der Waals surface area contributed by atoms with Gasteiger partial charge in [-0.1, -0.05) is 24.3 Å². The number of ether oxygens (including phenoxy) is 1. The van der Waals surface area contributed by atoms with E-state index in [0.29, 0.717) is 30.2 Å². The molecule has 1 unspecified atom stereocenters. The number of pyridine rings is 2. The number of nitrogens with zero attached hydrogens (tertiary/aromatic N) is 5. The van der Waals surface area contributed by atoms with Gasteiger partial charge in [0.05, 0.1) is 12.1 Å². The van der Waals surface area contributed by atoms with E-state index in [1.54, 1.807) is 24.5 Å². The third-order valence-corrected chi connectivity index (χ3v) is 6.53. The Hall–Kier alpha value is -2.50. The van der Waals surface area contributed by atoms with Crippen LogP contribution in [0.15, 0.2) is 48.7 Å². The number of likely N-dealkylation sites (tertiary alicyclic amines) is 1. The Bertz CT molecular complexity index is 1380. The summed E-state index contributed by atoms with van der Waals surface area (Å²) < 4.78 is 49.4. The third-order valence-electron chi connectivity index (χ3n) is 6.53. The molecular formula is C25H29Cl2F3N6O. The zero-order valence-electron chi connectivity index (χ0n) is 20.4. The normalized spacial score (nSPS) is 19.1. The Labute approximate surface area is 225 Å². The van der Waals surface area contributed by atoms with Crippen LogP contribution in [0.5, 0.6) is 0 Å². The average molecular weight is 557 g/mol. The van der Waals surface area contributed by atoms with Crippen molar-refractivity contribution in [3.05, 3.63) is 59.8 Å². The molecule has 2 N–H and O–H groups in total. The van der Waals surface area contributed by atoms with Crippen molar-refractivity contribution in [2.24, 2.45) is 5.73 Å². The summed E-state index contributed by atoms with van der Waals surface area (Å²) in [5.74, 6) is 0.386. The van der Waals surface area contributed by atoms with Gasteiger partial charge in [0.15, 0.2) is 11.5 Å². The molecule has 0 bridgehead atoms. The smallest absolute Gasteiger partial charge is 0.384 e. The molecule has 0 spiro atoms. The van der Waals surface area contributed by atoms with Crippen LogP contribution in [-0.4, -0.2) is 63.0 Å². The van der Waals surface area contributed by atoms with Gasteiger partial charge in [0.25, 0.3) is 0 Å². The van der Waals surface area contributed by atoms with Gasteiger partial charge in [0.2, 0.25) is 0 Å². The Morgan fingerprint density at radius 1 is 1.11 bits per heavy atom. The number of hydrogen-bond acceptors (Lipinski definition) is 6. The summed E-state index contributed by atoms with van der Waals surface area (Å²) in [7, 11) is 1.66. The van der Waals surface area contributed by atoms with Crippen LogP contribution in [0.25, 0.3) is 28.1 Å². The van der Waals surface area contributed by atoms with Crippen LogP contribution in [0, 0.1) is 0 Å². The van der Waals surface area contributed by atoms with Crippen molar-refractivity contribution in [2.45, 2.75) is 37.5 Å². The summed E-state index contributed by atoms with van der Waals surface area (Å²) in [4.78, 5) is 6.15. The van der Waals surface area contributed by atoms with Crippen LogP contribution < -0.4 is 5.73 Å². The summed E-state index contributed by atoms with van der Waals surface area (Å²) in [6, 6.07) is 11.0. The molecule has 7 nitrogen and oxygen atoms in total. The quantitative estimate of drug-likeness (QED) is 0.359. The SMILES string of the molecule is COCCc1ccc2ccc(-c3nnc4ccc([C@H](N5CCC(C)(N)C5)C(F)(F)F)cn34)nc2c1.Cl.Cl. The highest BCUT2D eigenvalue weighted by Crippen LogP contribution is 2.41. The van der Waals surface area contributed by atoms with E-state index in [1.165, 1.54) is 17.2 Å². The number of aromatic nitrogens is 4. The molecule has 0 amide bonds. The maximum absolute atomic E-state index is 14.2. The van der Waals surface area contributed by atoms with Gasteiger partial charge in [-0.25, -0.2) is 4.98 Å². The highest BCUT2D eigenvalue weighted by molar-refractivity contribution is 5.85. The lowest BCUT2D eigenvalue weighted by Crippen LogP contribution is -2.43. The van der Waals surface area contributed by atoms with Gasteiger partial charge >= 0.3 is 6.18 Å². The molecule has 1 aromatic carbocycles. The lowest BCUT2D eigenvalue weighted by molar-refractivity contribution is -0.184. The molecule has 4 heterocycles. The lowest BCUT2D eigenvalue weighted by atomic mass is 10.0. The number of benzene rings is 1. The number of rotatable bonds is 6. The van der Waals surface area contributed by atoms with E-state index >= 15 is 0 Å². The first kappa shape index (κ1) is 29.1. The third kappa shape index (κ3) is 5.99. The molecule has 3 aromatic heterocycles. The van der Waals surface area contributed by atoms with Crippen molar-refractivity contribution in [3.8, 4) is 11.5 Å². The average Bonchev–Trinajstić information content (AvgIpc) is 3.38. The van der Waals surface area contributed by atoms with E-state index in [-0.39, 0.29) is 43.5 Å². The van der Waals surface area contributed by atoms with E-state index in [4.69, 9.17) is 15.5 Å². The molecule has 12 heteroatoms. The van der Waals surface area contributed by atoms with Gasteiger partial charge in [0, 0.05) is 37.3 Å². The zero-order chi connectivity index (χ0) is 24.8. The van der Waals surface area contributed by atoms with E-state index < -0.39 is 17.8 Å². The van der Waals surface area contributed by atoms with Crippen molar-refractivity contribution < 1.29 is 17.9 Å². The number of hydrogen-bond donors (Lipinski definition) is 1. The van der Waals surface area contributed by atoms with Gasteiger partial charge in [-0.15, -0.1) is 35.0 Å². The highest BCUT2D eigenvalue weighted by Gasteiger charge is 2.48. The predicted octanol–water partition coefficient (Wildman–Crippen LogP) is 5.00. The molecule has 1 fully saturated rings. The van der Waals surface area contributed by atoms with E-state index in [1.807, 2.05) is 30.3 Å². The minimum atomic E-state index is -4.46. The molecule has 4 aromatic rings. The Kier molecular flexibility index (Phi) is 8.71. The molecular weight excluding hydrogens is 528 g/mol. The molecule has 2 atom stereocenters. The topological polar surface area (TPSA) is 81.6 Å². The molecule has 200 valence electrons. The zero-order valence-corrected chi connectivity index (χ0v) is 22.0. The van der Waals surface area contributed by atoms with Gasteiger partial charge in [-0.05, 0) is 49.1 Å². The molecule has 0 aliphatic carbocycles. The van der Waals surface area contributed by atoms with E-state index in [0.717, 1.165) is 22.9 Å². The molecule has 5 rings (SSSR count). The molecule has 1 aliphatic heterocycles. The maximum atomic E-state index is 14.2. The molecule has 0 radical (unpaired) electrons. The summed E-state index contributed by atoms with van der Waals surface area (Å²) >= 11 is 0. The summed E-state index contributed by atoms with van der Waals surface area (Å²) in [5, 5.41) is 9.36. The summed E-state index contributed by atoms with van der Waals surface area (Å²) in [6.07, 6.45) is -1.72. The van der Waals surface area contributed by atoms with E-state index in [2.05, 4.69) is 10.2 Å². The second-order valence-electron chi connectivity index (χ2n) is 9.50. The monoisotopic (exact) mass is 556 g/mol. The van der Waals surface area contributed by atoms with Gasteiger partial charge in [-0.3, -0.25) is 9.30 Å². The van der Waals surface area contributed by atoms with Crippen LogP contribution in [0.3, 0.4) is 0 Å². The van der Waals surface area contributed by atoms with Crippen LogP contribution >= 0.6 is 24.8 Å². The molecule has 1 saturated heterocycles. The number of nitrogens with two attached hydrogens (primary N) is 1. The minimum absolute atomic E-state index is 0. The largest absolute Gasteiger partial charge is 0.408 e. The van der Waals surface area contributed by atoms with Crippen molar-refractivity contribution in [3.63, 3.8) is 0 Å². The number of fused-ring (bicyclic) bond motifs is 2. The van der Waals surface area contributed by atoms with Crippen LogP contribution in [0.1, 0.15) is 30.5 Å². The highest BCUT2D eigenvalue weighted by atomic mass is 35.5. The molecule has 1 aliphatic rings. The maximum Gasteiger partial charge on any atom is 0.408 e. The first-order chi connectivity index (χ1) is 16.6. The standard InChI is InChI=1S/C25H27F3N6O.2ClH/c1-24(29)10-11-33(15-24)22(25(26,27)28)18-6-8-21-31-32-23(34(21)14-18)19-7-5-17-4-3-16(9-12-35-2)13-20(17)30-19;;/h3-8,13-14,22H,9-12,15,29H2,1-2H3;2*1H/t22-,24?;;/m0../s1. The molecule has 37 heavy (non-hydrogen) atoms. The van der Waals surface area contributed by atoms with Gasteiger partial charge in [0.1, 0.15) is 11.7 Å². The van der Waals surface area contributed by atoms with Gasteiger partial charge < -0.3 is 10.5 Å². The minimum Gasteiger partial charge on any atom is -0.384 e. The Balaban J connectivity index is 0.00000190. The van der Waals surface area contributed by atoms with Crippen molar-refractivity contribution in [2.75, 3.05) is 26.8 Å². The van der Waals surface area contributed by atoms with E-state index in [9.17, 15) is 13.2 Å². The summed E-state index contributed by atoms with van der Waals surface area (Å²) in [5.41, 5.74) is 8.45. The predicted molar refractivity (Wildman–Crippen MR) is 141 cm³/mol. The summed E-state index contributed by atoms with van der Waals surface area (Å²) in [6.45, 7) is 2.83. The van der Waals surface area contributed by atoms with Crippen LogP contribution in [0.2, 0.25) is 0 Å². The van der Waals surface area contributed by atoms with Gasteiger partial charge in [-0.2, -0.15) is 13.2 Å². The number of alkyl halides is 3. The lowest BCUT2D eigenvalue weighted by Gasteiger charge is -2.31. The Morgan fingerprint density at radius 3 is 2.54 bits per heavy atom. The second-order valence-corrected chi connectivity index (χ2v) is 9.50. The van der Waals surface area contributed by atoms with Crippen molar-refractivity contribution in [1.82, 2.24) is 24.5 Å².